The predicted molar refractivity (Wildman–Crippen MR) is 483 cm³/mol. The molecule has 0 saturated heterocycles. The summed E-state index contributed by atoms with van der Waals surface area (Å²) in [5.41, 5.74) is 27.8. The SMILES string of the molecule is [2H]C([2H])([2H])c1c[n+](C)c(-c2c(C)ccc3c2oc2ccc4oc5cccnc5c4c23)cc1C.[2H]C([2H])([2H])c1c[n+](C)c(-c2c(C)ccc3c2oc2ccc4oc5ccncc5c4c23)cc1C.[2H]C([2H])([2H])c1c[n+](C)c(-c2c(C)ccc3c2oc2ccc4oc5cnccc5c4c23)cc1C.[2H]C([2H])([2H])c1ccc2c(n1)oc1ccc3oc4c(-c5cc(C)c(C([2H])([2H])[2H])c[n+]5C)c(C)ccc4c3c12. The lowest BCUT2D eigenvalue weighted by Gasteiger charge is -2.07. The monoisotopic (exact) mass is 1600 g/mol. The van der Waals surface area contributed by atoms with Crippen molar-refractivity contribution in [3.05, 3.63) is 286 Å². The number of hydrogen-bond acceptors (Lipinski definition) is 12. The Morgan fingerprint density at radius 1 is 0.264 bits per heavy atom. The van der Waals surface area contributed by atoms with E-state index in [4.69, 9.17) is 55.9 Å². The van der Waals surface area contributed by atoms with Crippen molar-refractivity contribution in [2.75, 3.05) is 0 Å². The van der Waals surface area contributed by atoms with Crippen molar-refractivity contribution < 1.29 is 74.2 Å². The van der Waals surface area contributed by atoms with Crippen LogP contribution in [0, 0.1) is 89.6 Å². The molecule has 0 saturated carbocycles. The molecule has 16 heteroatoms. The maximum absolute atomic E-state index is 7.86. The van der Waals surface area contributed by atoms with Crippen LogP contribution in [-0.4, -0.2) is 19.9 Å². The smallest absolute Gasteiger partial charge is 0.227 e. The Morgan fingerprint density at radius 3 is 1.04 bits per heavy atom. The Morgan fingerprint density at radius 2 is 0.612 bits per heavy atom. The maximum Gasteiger partial charge on any atom is 0.227 e. The van der Waals surface area contributed by atoms with E-state index in [1.54, 1.807) is 68.6 Å². The van der Waals surface area contributed by atoms with Gasteiger partial charge in [0.05, 0.1) is 33.8 Å². The normalized spacial score (nSPS) is 14.4. The molecule has 0 spiro atoms. The fourth-order valence-electron chi connectivity index (χ4n) is 17.8. The van der Waals surface area contributed by atoms with E-state index in [9.17, 15) is 0 Å². The minimum absolute atomic E-state index is 0.0198. The molecule has 0 bridgehead atoms. The number of hydrogen-bond donors (Lipinski definition) is 0. The quantitative estimate of drug-likeness (QED) is 0.153. The van der Waals surface area contributed by atoms with Crippen molar-refractivity contribution in [3.63, 3.8) is 0 Å². The molecule has 0 aliphatic rings. The van der Waals surface area contributed by atoms with Crippen LogP contribution in [0.15, 0.2) is 249 Å². The fourth-order valence-corrected chi connectivity index (χ4v) is 17.8. The lowest BCUT2D eigenvalue weighted by Crippen LogP contribution is -2.31. The molecule has 121 heavy (non-hydrogen) atoms. The molecule has 0 atom stereocenters. The molecular formula is C105H86N8O8+4. The van der Waals surface area contributed by atoms with Crippen molar-refractivity contribution in [1.82, 2.24) is 19.9 Å². The highest BCUT2D eigenvalue weighted by molar-refractivity contribution is 6.30. The van der Waals surface area contributed by atoms with Crippen LogP contribution < -0.4 is 18.3 Å². The summed E-state index contributed by atoms with van der Waals surface area (Å²) in [6.07, 6.45) is 15.6. The third-order valence-electron chi connectivity index (χ3n) is 24.0. The standard InChI is InChI=1S/C27H23N2O2.3C26H21N2O2/c1-14-6-8-18-24-21(10-11-22-25(24)19-9-7-17(4)28-27(19)31-22)30-26(18)23(14)20-12-15(2)16(3)13-29(20)5;1-14-5-6-18-25-21(8-7-20-24(25)17-9-10-27-12-22(17)29-20)30-26(18)23(14)19-11-15(2)16(3)13-28(19)4;1-14-5-6-17-24-22(8-7-21-25(24)18-12-27-10-9-20(18)29-21)30-26(17)23(14)19-11-15(2)16(3)13-28(19)4;1-14-7-8-17-23-19(9-10-20-24(23)25-21(29-20)6-5-11-27-25)30-26(17)22(14)18-12-15(2)16(3)13-28(18)4/h6-13H,1-5H3;3*5-13H,1-4H3/q4*+1/i3D3,4D3;3*3D3. The lowest BCUT2D eigenvalue weighted by molar-refractivity contribution is -0.660. The van der Waals surface area contributed by atoms with Gasteiger partial charge in [0.1, 0.15) is 106 Å². The summed E-state index contributed by atoms with van der Waals surface area (Å²) < 4.78 is 175. The number of benzene rings is 8. The largest absolute Gasteiger partial charge is 0.456 e. The van der Waals surface area contributed by atoms with Gasteiger partial charge in [0.15, 0.2) is 36.0 Å². The van der Waals surface area contributed by atoms with E-state index in [1.165, 1.54) is 6.07 Å². The van der Waals surface area contributed by atoms with Gasteiger partial charge >= 0.3 is 0 Å². The van der Waals surface area contributed by atoms with Gasteiger partial charge in [-0.2, -0.15) is 0 Å². The van der Waals surface area contributed by atoms with Crippen LogP contribution in [0.1, 0.15) is 93.0 Å². The molecule has 24 aromatic rings. The van der Waals surface area contributed by atoms with Gasteiger partial charge in [0.2, 0.25) is 28.5 Å². The molecule has 0 fully saturated rings. The molecular weight excluding hydrogens is 1500 g/mol. The van der Waals surface area contributed by atoms with Crippen molar-refractivity contribution in [3.8, 4) is 45.0 Å². The first-order valence-corrected chi connectivity index (χ1v) is 39.6. The van der Waals surface area contributed by atoms with Crippen LogP contribution in [0.2, 0.25) is 0 Å². The topological polar surface area (TPSA) is 172 Å². The minimum Gasteiger partial charge on any atom is -0.456 e. The number of aromatic nitrogens is 8. The third-order valence-corrected chi connectivity index (χ3v) is 24.0. The van der Waals surface area contributed by atoms with Gasteiger partial charge in [0, 0.05) is 173 Å². The Labute approximate surface area is 715 Å². The molecule has 0 amide bonds. The van der Waals surface area contributed by atoms with E-state index < -0.39 is 34.3 Å². The van der Waals surface area contributed by atoms with E-state index in [0.717, 1.165) is 232 Å². The van der Waals surface area contributed by atoms with Crippen LogP contribution in [0.4, 0.5) is 0 Å². The Hall–Kier alpha value is -14.6. The number of pyridine rings is 8. The van der Waals surface area contributed by atoms with Gasteiger partial charge in [-0.15, -0.1) is 0 Å². The molecule has 0 radical (unpaired) electrons. The van der Waals surface area contributed by atoms with E-state index >= 15 is 0 Å². The van der Waals surface area contributed by atoms with Crippen molar-refractivity contribution >= 4 is 176 Å². The fraction of sp³-hybridized carbons (Fsp3) is 0.162. The highest BCUT2D eigenvalue weighted by Gasteiger charge is 2.30. The first kappa shape index (κ1) is 59.1. The zero-order valence-electron chi connectivity index (χ0n) is 83.1. The van der Waals surface area contributed by atoms with E-state index in [1.807, 2.05) is 204 Å². The first-order chi connectivity index (χ1) is 64.5. The van der Waals surface area contributed by atoms with Crippen LogP contribution in [0.3, 0.4) is 0 Å². The van der Waals surface area contributed by atoms with E-state index in [-0.39, 0.29) is 11.4 Å². The average Bonchev–Trinajstić information content (AvgIpc) is 1.58. The number of fused-ring (bicyclic) bond motifs is 28. The zero-order valence-corrected chi connectivity index (χ0v) is 68.1. The van der Waals surface area contributed by atoms with Gasteiger partial charge in [0.25, 0.3) is 0 Å². The highest BCUT2D eigenvalue weighted by atomic mass is 16.4. The van der Waals surface area contributed by atoms with Crippen molar-refractivity contribution in [1.29, 1.82) is 0 Å². The van der Waals surface area contributed by atoms with Gasteiger partial charge in [-0.3, -0.25) is 15.0 Å². The summed E-state index contributed by atoms with van der Waals surface area (Å²) in [4.78, 5) is 17.3. The molecule has 0 aliphatic heterocycles. The van der Waals surface area contributed by atoms with Gasteiger partial charge in [-0.1, -0.05) is 48.5 Å². The third kappa shape index (κ3) is 11.6. The Balaban J connectivity index is 0.000000109. The second kappa shape index (κ2) is 27.7. The number of furan rings is 8. The molecule has 24 rings (SSSR count). The summed E-state index contributed by atoms with van der Waals surface area (Å²) in [6, 6.07) is 50.3. The summed E-state index contributed by atoms with van der Waals surface area (Å²) >= 11 is 0. The summed E-state index contributed by atoms with van der Waals surface area (Å²) in [7, 11) is 7.45. The van der Waals surface area contributed by atoms with Crippen LogP contribution in [0.5, 0.6) is 0 Å². The van der Waals surface area contributed by atoms with Crippen LogP contribution in [0.25, 0.3) is 221 Å². The molecule has 16 aromatic heterocycles. The maximum atomic E-state index is 7.86. The molecule has 0 aliphatic carbocycles. The molecule has 8 aromatic carbocycles. The summed E-state index contributed by atoms with van der Waals surface area (Å²) in [5.74, 6) is 0. The van der Waals surface area contributed by atoms with Gasteiger partial charge in [-0.05, 0) is 219 Å². The molecule has 16 nitrogen and oxygen atoms in total. The second-order valence-electron chi connectivity index (χ2n) is 31.7. The van der Waals surface area contributed by atoms with Crippen LogP contribution in [-0.2, 0) is 28.2 Å². The predicted octanol–water partition coefficient (Wildman–Crippen LogP) is 25.5. The van der Waals surface area contributed by atoms with Crippen molar-refractivity contribution in [2.45, 2.75) is 89.6 Å². The number of aryl methyl sites for hydroxylation is 17. The minimum atomic E-state index is -2.33. The second-order valence-corrected chi connectivity index (χ2v) is 31.7. The van der Waals surface area contributed by atoms with Crippen LogP contribution >= 0.6 is 0 Å². The van der Waals surface area contributed by atoms with E-state index in [2.05, 4.69) is 56.3 Å². The highest BCUT2D eigenvalue weighted by Crippen LogP contribution is 2.49. The molecule has 590 valence electrons. The summed E-state index contributed by atoms with van der Waals surface area (Å²) in [5, 5.41) is 14.1. The van der Waals surface area contributed by atoms with Gasteiger partial charge < -0.3 is 35.3 Å². The van der Waals surface area contributed by atoms with Crippen molar-refractivity contribution in [2.24, 2.45) is 28.2 Å². The first-order valence-electron chi connectivity index (χ1n) is 47.1. The molecule has 0 N–H and O–H groups in total. The number of nitrogens with zero attached hydrogens (tertiary/aromatic N) is 8. The van der Waals surface area contributed by atoms with E-state index in [0.29, 0.717) is 50.0 Å². The zero-order chi connectivity index (χ0) is 95.6. The van der Waals surface area contributed by atoms with Gasteiger partial charge in [-0.25, -0.2) is 23.3 Å². The average molecular weight is 1600 g/mol. The number of rotatable bonds is 4. The summed E-state index contributed by atoms with van der Waals surface area (Å²) in [6.45, 7) is 4.42. The molecule has 16 heterocycles. The Bertz CT molecular complexity index is 8620. The lowest BCUT2D eigenvalue weighted by atomic mass is 9.98. The molecule has 0 unspecified atom stereocenters. The Kier molecular flexibility index (Phi) is 13.5.